The van der Waals surface area contributed by atoms with Gasteiger partial charge in [0.25, 0.3) is 15.7 Å². The number of nitro groups is 1. The maximum Gasteiger partial charge on any atom is 0.269 e. The molecule has 0 atom stereocenters. The molecule has 7 nitrogen and oxygen atoms in total. The summed E-state index contributed by atoms with van der Waals surface area (Å²) in [6, 6.07) is 18.5. The molecule has 0 amide bonds. The number of nitro benzene ring substituents is 1. The summed E-state index contributed by atoms with van der Waals surface area (Å²) in [4.78, 5) is 10.2. The lowest BCUT2D eigenvalue weighted by Gasteiger charge is -2.09. The minimum atomic E-state index is -3.71. The summed E-state index contributed by atoms with van der Waals surface area (Å²) in [5, 5.41) is 10.7. The first kappa shape index (κ1) is 19.1. The Bertz CT molecular complexity index is 1050. The molecule has 0 radical (unpaired) electrons. The number of hydrogen-bond acceptors (Lipinski definition) is 5. The fourth-order valence-electron chi connectivity index (χ4n) is 2.19. The molecule has 0 aliphatic carbocycles. The summed E-state index contributed by atoms with van der Waals surface area (Å²) in [6.07, 6.45) is 0. The van der Waals surface area contributed by atoms with Crippen LogP contribution in [0.25, 0.3) is 0 Å². The highest BCUT2D eigenvalue weighted by molar-refractivity contribution is 14.1. The van der Waals surface area contributed by atoms with Crippen LogP contribution in [0.2, 0.25) is 0 Å². The summed E-state index contributed by atoms with van der Waals surface area (Å²) in [6.45, 7) is 0. The van der Waals surface area contributed by atoms with E-state index in [1.54, 1.807) is 24.3 Å². The molecule has 0 aromatic heterocycles. The summed E-state index contributed by atoms with van der Waals surface area (Å²) in [5.74, 6) is 0.824. The molecule has 9 heteroatoms. The number of halogens is 1. The van der Waals surface area contributed by atoms with E-state index in [1.165, 1.54) is 48.5 Å². The van der Waals surface area contributed by atoms with Gasteiger partial charge in [0.05, 0.1) is 9.82 Å². The molecule has 0 bridgehead atoms. The van der Waals surface area contributed by atoms with Crippen molar-refractivity contribution in [3.63, 3.8) is 0 Å². The molecule has 1 N–H and O–H groups in total. The van der Waals surface area contributed by atoms with E-state index >= 15 is 0 Å². The largest absolute Gasteiger partial charge is 0.457 e. The monoisotopic (exact) mass is 496 g/mol. The van der Waals surface area contributed by atoms with Crippen LogP contribution in [0.1, 0.15) is 0 Å². The maximum absolute atomic E-state index is 12.4. The topological polar surface area (TPSA) is 98.5 Å². The van der Waals surface area contributed by atoms with Crippen LogP contribution in [0.5, 0.6) is 11.5 Å². The summed E-state index contributed by atoms with van der Waals surface area (Å²) in [7, 11) is -3.71. The molecular weight excluding hydrogens is 483 g/mol. The Morgan fingerprint density at radius 1 is 0.852 bits per heavy atom. The molecule has 3 aromatic rings. The number of rotatable bonds is 6. The van der Waals surface area contributed by atoms with E-state index in [2.05, 4.69) is 27.3 Å². The van der Waals surface area contributed by atoms with Gasteiger partial charge < -0.3 is 4.74 Å². The zero-order valence-electron chi connectivity index (χ0n) is 13.7. The van der Waals surface area contributed by atoms with E-state index in [9.17, 15) is 18.5 Å². The molecular formula is C18H13IN2O5S. The van der Waals surface area contributed by atoms with Crippen molar-refractivity contribution in [3.8, 4) is 11.5 Å². The van der Waals surface area contributed by atoms with E-state index in [1.807, 2.05) is 0 Å². The molecule has 0 unspecified atom stereocenters. The number of benzene rings is 3. The molecule has 0 saturated heterocycles. The number of nitrogens with zero attached hydrogens (tertiary/aromatic N) is 1. The predicted octanol–water partition coefficient (Wildman–Crippen LogP) is 4.79. The van der Waals surface area contributed by atoms with Gasteiger partial charge in [-0.1, -0.05) is 0 Å². The second-order valence-electron chi connectivity index (χ2n) is 5.44. The van der Waals surface area contributed by atoms with Crippen molar-refractivity contribution < 1.29 is 18.1 Å². The number of sulfonamides is 1. The number of non-ortho nitro benzene ring substituents is 1. The zero-order valence-corrected chi connectivity index (χ0v) is 16.7. The molecule has 0 fully saturated rings. The predicted molar refractivity (Wildman–Crippen MR) is 110 cm³/mol. The first-order valence-electron chi connectivity index (χ1n) is 7.64. The van der Waals surface area contributed by atoms with Gasteiger partial charge in [0.1, 0.15) is 11.5 Å². The van der Waals surface area contributed by atoms with Crippen LogP contribution in [0.3, 0.4) is 0 Å². The van der Waals surface area contributed by atoms with Crippen LogP contribution in [0.4, 0.5) is 11.4 Å². The minimum Gasteiger partial charge on any atom is -0.457 e. The van der Waals surface area contributed by atoms with Crippen molar-refractivity contribution in [2.75, 3.05) is 4.72 Å². The lowest BCUT2D eigenvalue weighted by molar-refractivity contribution is -0.384. The summed E-state index contributed by atoms with van der Waals surface area (Å²) in [5.41, 5.74) is 0.437. The average Bonchev–Trinajstić information content (AvgIpc) is 2.64. The van der Waals surface area contributed by atoms with E-state index in [4.69, 9.17) is 4.74 Å². The van der Waals surface area contributed by atoms with Gasteiger partial charge in [-0.15, -0.1) is 0 Å². The number of ether oxygens (including phenoxy) is 1. The lowest BCUT2D eigenvalue weighted by atomic mass is 10.3. The Kier molecular flexibility index (Phi) is 5.61. The molecule has 0 spiro atoms. The van der Waals surface area contributed by atoms with E-state index < -0.39 is 14.9 Å². The lowest BCUT2D eigenvalue weighted by Crippen LogP contribution is -2.12. The Labute approximate surface area is 169 Å². The number of nitrogens with one attached hydrogen (secondary N) is 1. The standard InChI is InChI=1S/C18H13IN2O5S/c19-13-1-3-14(4-2-13)20-27(24,25)18-11-9-17(10-12-18)26-16-7-5-15(6-8-16)21(22)23/h1-12,20H. The van der Waals surface area contributed by atoms with Crippen LogP contribution in [-0.2, 0) is 10.0 Å². The van der Waals surface area contributed by atoms with Crippen LogP contribution >= 0.6 is 22.6 Å². The molecule has 138 valence electrons. The normalized spacial score (nSPS) is 11.0. The number of anilines is 1. The highest BCUT2D eigenvalue weighted by Crippen LogP contribution is 2.25. The fraction of sp³-hybridized carbons (Fsp3) is 0. The van der Waals surface area contributed by atoms with Gasteiger partial charge in [0.2, 0.25) is 0 Å². The van der Waals surface area contributed by atoms with Gasteiger partial charge in [0, 0.05) is 21.4 Å². The summed E-state index contributed by atoms with van der Waals surface area (Å²) >= 11 is 2.14. The maximum atomic E-state index is 12.4. The van der Waals surface area contributed by atoms with Crippen molar-refractivity contribution in [3.05, 3.63) is 86.5 Å². The highest BCUT2D eigenvalue weighted by Gasteiger charge is 2.14. The summed E-state index contributed by atoms with van der Waals surface area (Å²) < 4.78 is 34.0. The Morgan fingerprint density at radius 2 is 1.37 bits per heavy atom. The van der Waals surface area contributed by atoms with Crippen molar-refractivity contribution in [1.29, 1.82) is 0 Å². The SMILES string of the molecule is O=[N+]([O-])c1ccc(Oc2ccc(S(=O)(=O)Nc3ccc(I)cc3)cc2)cc1. The van der Waals surface area contributed by atoms with Crippen LogP contribution < -0.4 is 9.46 Å². The number of hydrogen-bond donors (Lipinski definition) is 1. The molecule has 0 aliphatic heterocycles. The van der Waals surface area contributed by atoms with E-state index in [0.29, 0.717) is 17.2 Å². The van der Waals surface area contributed by atoms with E-state index in [-0.39, 0.29) is 10.6 Å². The zero-order chi connectivity index (χ0) is 19.4. The average molecular weight is 496 g/mol. The van der Waals surface area contributed by atoms with Crippen molar-refractivity contribution in [2.24, 2.45) is 0 Å². The Morgan fingerprint density at radius 3 is 1.89 bits per heavy atom. The van der Waals surface area contributed by atoms with Crippen molar-refractivity contribution >= 4 is 44.0 Å². The molecule has 0 heterocycles. The Hall–Kier alpha value is -2.66. The van der Waals surface area contributed by atoms with Gasteiger partial charge >= 0.3 is 0 Å². The van der Waals surface area contributed by atoms with Crippen LogP contribution in [0.15, 0.2) is 77.7 Å². The van der Waals surface area contributed by atoms with Gasteiger partial charge in [-0.25, -0.2) is 8.42 Å². The van der Waals surface area contributed by atoms with Gasteiger partial charge in [-0.2, -0.15) is 0 Å². The van der Waals surface area contributed by atoms with Crippen LogP contribution in [0, 0.1) is 13.7 Å². The second kappa shape index (κ2) is 7.92. The van der Waals surface area contributed by atoms with Crippen LogP contribution in [-0.4, -0.2) is 13.3 Å². The van der Waals surface area contributed by atoms with Gasteiger partial charge in [0.15, 0.2) is 0 Å². The molecule has 3 rings (SSSR count). The third kappa shape index (κ3) is 4.95. The molecule has 3 aromatic carbocycles. The van der Waals surface area contributed by atoms with E-state index in [0.717, 1.165) is 3.57 Å². The quantitative estimate of drug-likeness (QED) is 0.301. The smallest absolute Gasteiger partial charge is 0.269 e. The second-order valence-corrected chi connectivity index (χ2v) is 8.36. The minimum absolute atomic E-state index is 0.0366. The first-order valence-corrected chi connectivity index (χ1v) is 10.2. The molecule has 0 aliphatic rings. The first-order chi connectivity index (χ1) is 12.8. The third-order valence-electron chi connectivity index (χ3n) is 3.51. The Balaban J connectivity index is 1.72. The highest BCUT2D eigenvalue weighted by atomic mass is 127. The van der Waals surface area contributed by atoms with Crippen molar-refractivity contribution in [2.45, 2.75) is 4.90 Å². The molecule has 0 saturated carbocycles. The van der Waals surface area contributed by atoms with Gasteiger partial charge in [-0.3, -0.25) is 14.8 Å². The molecule has 27 heavy (non-hydrogen) atoms. The fourth-order valence-corrected chi connectivity index (χ4v) is 3.61. The van der Waals surface area contributed by atoms with Gasteiger partial charge in [-0.05, 0) is 83.3 Å². The third-order valence-corrected chi connectivity index (χ3v) is 5.63. The van der Waals surface area contributed by atoms with Crippen molar-refractivity contribution in [1.82, 2.24) is 0 Å².